The van der Waals surface area contributed by atoms with Gasteiger partial charge in [0.2, 0.25) is 0 Å². The molecule has 0 bridgehead atoms. The van der Waals surface area contributed by atoms with Gasteiger partial charge in [-0.15, -0.1) is 0 Å². The van der Waals surface area contributed by atoms with E-state index in [0.717, 1.165) is 41.1 Å². The van der Waals surface area contributed by atoms with Crippen LogP contribution in [-0.4, -0.2) is 60.4 Å². The average molecular weight is 427 g/mol. The fourth-order valence-electron chi connectivity index (χ4n) is 5.59. The molecule has 1 aliphatic heterocycles. The number of ether oxygens (including phenoxy) is 2. The van der Waals surface area contributed by atoms with Crippen LogP contribution in [0.2, 0.25) is 0 Å². The molecule has 166 valence electrons. The van der Waals surface area contributed by atoms with Gasteiger partial charge in [-0.2, -0.15) is 0 Å². The Morgan fingerprint density at radius 2 is 2.00 bits per heavy atom. The molecule has 1 fully saturated rings. The molecule has 2 aromatic rings. The third-order valence-corrected chi connectivity index (χ3v) is 7.59. The summed E-state index contributed by atoms with van der Waals surface area (Å²) in [5.41, 5.74) is 1.46. The number of carbonyl (C=O) groups excluding carboxylic acids is 1. The molecule has 0 spiro atoms. The maximum Gasteiger partial charge on any atom is 0.343 e. The topological polar surface area (TPSA) is 91.9 Å². The summed E-state index contributed by atoms with van der Waals surface area (Å²) < 4.78 is 10.3. The number of aromatic nitrogens is 1. The Balaban J connectivity index is 1.96. The molecule has 0 amide bonds. The van der Waals surface area contributed by atoms with E-state index in [1.165, 1.54) is 7.11 Å². The number of aromatic amines is 1. The quantitative estimate of drug-likeness (QED) is 0.730. The highest BCUT2D eigenvalue weighted by molar-refractivity contribution is 5.89. The summed E-state index contributed by atoms with van der Waals surface area (Å²) in [5.74, 6) is 0.0644. The van der Waals surface area contributed by atoms with Crippen molar-refractivity contribution in [1.82, 2.24) is 9.88 Å². The van der Waals surface area contributed by atoms with Gasteiger partial charge in [-0.1, -0.05) is 6.07 Å². The molecule has 7 heteroatoms. The fourth-order valence-corrected chi connectivity index (χ4v) is 5.59. The summed E-state index contributed by atoms with van der Waals surface area (Å²) in [5, 5.41) is 12.3. The normalized spacial score (nSPS) is 27.9. The van der Waals surface area contributed by atoms with E-state index in [4.69, 9.17) is 9.47 Å². The van der Waals surface area contributed by atoms with Crippen LogP contribution in [-0.2, 0) is 23.0 Å². The van der Waals surface area contributed by atoms with Crippen LogP contribution in [0.25, 0.3) is 0 Å². The third kappa shape index (κ3) is 3.10. The highest BCUT2D eigenvalue weighted by Gasteiger charge is 2.60. The molecule has 1 aromatic heterocycles. The first kappa shape index (κ1) is 21.6. The number of hydrogen-bond donors (Lipinski definition) is 2. The number of pyridine rings is 1. The van der Waals surface area contributed by atoms with E-state index in [0.29, 0.717) is 12.8 Å². The number of rotatable bonds is 3. The van der Waals surface area contributed by atoms with E-state index in [2.05, 4.69) is 9.88 Å². The van der Waals surface area contributed by atoms with Gasteiger partial charge in [0.15, 0.2) is 0 Å². The van der Waals surface area contributed by atoms with Crippen LogP contribution in [0.15, 0.2) is 29.1 Å². The number of methoxy groups -OCH3 is 2. The van der Waals surface area contributed by atoms with Crippen LogP contribution in [0.4, 0.5) is 0 Å². The molecule has 4 rings (SSSR count). The number of aliphatic hydroxyl groups is 1. The predicted molar refractivity (Wildman–Crippen MR) is 117 cm³/mol. The monoisotopic (exact) mass is 426 g/mol. The summed E-state index contributed by atoms with van der Waals surface area (Å²) in [6, 6.07) is 7.42. The maximum absolute atomic E-state index is 12.6. The minimum Gasteiger partial charge on any atom is -0.497 e. The predicted octanol–water partition coefficient (Wildman–Crippen LogP) is 1.97. The molecular formula is C24H30N2O5. The first-order valence-corrected chi connectivity index (χ1v) is 10.6. The first-order chi connectivity index (χ1) is 14.7. The van der Waals surface area contributed by atoms with E-state index in [1.807, 2.05) is 39.1 Å². The molecular weight excluding hydrogens is 396 g/mol. The van der Waals surface area contributed by atoms with Gasteiger partial charge in [0.25, 0.3) is 5.56 Å². The number of aryl methyl sites for hydroxylation is 1. The summed E-state index contributed by atoms with van der Waals surface area (Å²) in [6.07, 6.45) is 1.53. The Morgan fingerprint density at radius 3 is 2.68 bits per heavy atom. The molecule has 31 heavy (non-hydrogen) atoms. The van der Waals surface area contributed by atoms with Gasteiger partial charge in [0, 0.05) is 30.0 Å². The van der Waals surface area contributed by atoms with E-state index in [9.17, 15) is 14.7 Å². The van der Waals surface area contributed by atoms with Crippen molar-refractivity contribution in [2.45, 2.75) is 50.2 Å². The number of piperidine rings is 1. The molecule has 7 nitrogen and oxygen atoms in total. The lowest BCUT2D eigenvalue weighted by Gasteiger charge is -2.59. The number of esters is 1. The number of benzene rings is 1. The van der Waals surface area contributed by atoms with E-state index in [1.54, 1.807) is 13.2 Å². The van der Waals surface area contributed by atoms with Crippen LogP contribution < -0.4 is 10.3 Å². The number of carbonyl (C=O) groups is 1. The third-order valence-electron chi connectivity index (χ3n) is 7.59. The smallest absolute Gasteiger partial charge is 0.343 e. The molecule has 2 heterocycles. The number of likely N-dealkylation sites (N-methyl/N-ethyl adjacent to an activating group) is 1. The second-order valence-corrected chi connectivity index (χ2v) is 8.95. The molecule has 2 N–H and O–H groups in total. The number of nitrogens with one attached hydrogen (secondary N) is 1. The van der Waals surface area contributed by atoms with Crippen molar-refractivity contribution in [1.29, 1.82) is 0 Å². The zero-order chi connectivity index (χ0) is 22.6. The zero-order valence-electron chi connectivity index (χ0n) is 18.7. The van der Waals surface area contributed by atoms with Crippen LogP contribution in [0, 0.1) is 6.92 Å². The number of nitrogens with zero attached hydrogens (tertiary/aromatic N) is 1. The second-order valence-electron chi connectivity index (χ2n) is 8.95. The Hall–Kier alpha value is -2.64. The Morgan fingerprint density at radius 1 is 1.26 bits per heavy atom. The van der Waals surface area contributed by atoms with Crippen molar-refractivity contribution in [3.8, 4) is 5.75 Å². The van der Waals surface area contributed by atoms with E-state index < -0.39 is 22.5 Å². The van der Waals surface area contributed by atoms with Crippen LogP contribution in [0.5, 0.6) is 5.75 Å². The Bertz CT molecular complexity index is 1090. The molecule has 0 saturated carbocycles. The molecule has 1 aliphatic carbocycles. The zero-order valence-corrected chi connectivity index (χ0v) is 18.7. The van der Waals surface area contributed by atoms with Crippen molar-refractivity contribution < 1.29 is 19.4 Å². The number of fused-ring (bicyclic) bond motifs is 2. The van der Waals surface area contributed by atoms with Crippen molar-refractivity contribution in [2.24, 2.45) is 0 Å². The van der Waals surface area contributed by atoms with Gasteiger partial charge in [-0.05, 0) is 68.8 Å². The fraction of sp³-hybridized carbons (Fsp3) is 0.500. The van der Waals surface area contributed by atoms with Gasteiger partial charge < -0.3 is 24.5 Å². The molecule has 1 aromatic carbocycles. The number of H-pyrrole nitrogens is 1. The Labute approximate surface area is 182 Å². The van der Waals surface area contributed by atoms with Crippen LogP contribution in [0.3, 0.4) is 0 Å². The van der Waals surface area contributed by atoms with Crippen molar-refractivity contribution in [3.05, 3.63) is 62.6 Å². The van der Waals surface area contributed by atoms with Gasteiger partial charge >= 0.3 is 5.97 Å². The van der Waals surface area contributed by atoms with Crippen molar-refractivity contribution in [3.63, 3.8) is 0 Å². The summed E-state index contributed by atoms with van der Waals surface area (Å²) in [7, 11) is 4.91. The maximum atomic E-state index is 12.6. The second kappa shape index (κ2) is 7.50. The molecule has 0 radical (unpaired) electrons. The van der Waals surface area contributed by atoms with Crippen LogP contribution in [0.1, 0.15) is 46.1 Å². The molecule has 0 unspecified atom stereocenters. The molecule has 1 saturated heterocycles. The summed E-state index contributed by atoms with van der Waals surface area (Å²) in [4.78, 5) is 29.8. The lowest BCUT2D eigenvalue weighted by Crippen LogP contribution is -2.70. The largest absolute Gasteiger partial charge is 0.497 e. The van der Waals surface area contributed by atoms with Gasteiger partial charge in [0.1, 0.15) is 11.3 Å². The lowest BCUT2D eigenvalue weighted by atomic mass is 9.53. The highest BCUT2D eigenvalue weighted by atomic mass is 16.5. The minimum atomic E-state index is -1.10. The molecule has 3 atom stereocenters. The first-order valence-electron chi connectivity index (χ1n) is 10.6. The van der Waals surface area contributed by atoms with Crippen LogP contribution >= 0.6 is 0 Å². The summed E-state index contributed by atoms with van der Waals surface area (Å²) >= 11 is 0. The van der Waals surface area contributed by atoms with Gasteiger partial charge in [-0.3, -0.25) is 4.79 Å². The SMILES string of the molecule is COC(=O)c1cc2c([nH]c1=O)C[C@@]1(c3cc(OC)ccc3C)CCN(C)[C@H](C)[C@]1(O)C2. The van der Waals surface area contributed by atoms with Gasteiger partial charge in [0.05, 0.1) is 19.8 Å². The average Bonchev–Trinajstić information content (AvgIpc) is 2.76. The molecule has 2 aliphatic rings. The minimum absolute atomic E-state index is 0.0354. The number of likely N-dealkylation sites (tertiary alicyclic amines) is 1. The van der Waals surface area contributed by atoms with Crippen molar-refractivity contribution >= 4 is 5.97 Å². The van der Waals surface area contributed by atoms with Gasteiger partial charge in [-0.25, -0.2) is 4.79 Å². The summed E-state index contributed by atoms with van der Waals surface area (Å²) in [6.45, 7) is 4.91. The van der Waals surface area contributed by atoms with E-state index >= 15 is 0 Å². The van der Waals surface area contributed by atoms with E-state index in [-0.39, 0.29) is 11.6 Å². The van der Waals surface area contributed by atoms with Crippen molar-refractivity contribution in [2.75, 3.05) is 27.8 Å². The highest BCUT2D eigenvalue weighted by Crippen LogP contribution is 2.53. The lowest BCUT2D eigenvalue weighted by molar-refractivity contribution is -0.132. The number of hydrogen-bond acceptors (Lipinski definition) is 6. The standard InChI is InChI=1S/C24H30N2O5/c1-14-6-7-17(30-4)11-19(14)23-8-9-26(3)15(2)24(23,29)12-16-10-18(22(28)31-5)21(27)25-20(16)13-23/h6-7,10-11,15,29H,8-9,12-13H2,1-5H3,(H,25,27)/t15-,23-,24-/m1/s1. The Kier molecular flexibility index (Phi) is 5.22.